The molecule has 1 aromatic rings. The van der Waals surface area contributed by atoms with Crippen molar-refractivity contribution in [1.82, 2.24) is 15.1 Å². The van der Waals surface area contributed by atoms with Gasteiger partial charge in [0.1, 0.15) is 0 Å². The highest BCUT2D eigenvalue weighted by molar-refractivity contribution is 5.88. The van der Waals surface area contributed by atoms with Gasteiger partial charge < -0.3 is 4.90 Å². The van der Waals surface area contributed by atoms with Gasteiger partial charge in [-0.3, -0.25) is 10.4 Å². The monoisotopic (exact) mass is 196 g/mol. The van der Waals surface area contributed by atoms with Crippen molar-refractivity contribution in [3.8, 4) is 0 Å². The summed E-state index contributed by atoms with van der Waals surface area (Å²) in [6.07, 6.45) is 0. The number of aromatic amines is 1. The minimum atomic E-state index is -0.110. The normalized spacial score (nSPS) is 9.93. The Morgan fingerprint density at radius 3 is 2.64 bits per heavy atom. The topological polar surface area (TPSA) is 61.0 Å². The van der Waals surface area contributed by atoms with Gasteiger partial charge in [-0.2, -0.15) is 5.10 Å². The third kappa shape index (κ3) is 2.48. The standard InChI is InChI=1S/C9H16N4O/c1-4-13(5-2)9(14)10-8-6-7(3)11-12-8/h6H,4-5H2,1-3H3,(H2,10,11,12,14). The number of rotatable bonds is 3. The summed E-state index contributed by atoms with van der Waals surface area (Å²) in [6, 6.07) is 1.68. The molecule has 0 atom stereocenters. The number of hydrogen-bond donors (Lipinski definition) is 2. The van der Waals surface area contributed by atoms with Crippen molar-refractivity contribution in [2.75, 3.05) is 18.4 Å². The second-order valence-corrected chi connectivity index (χ2v) is 3.04. The molecule has 1 heterocycles. The van der Waals surface area contributed by atoms with E-state index < -0.39 is 0 Å². The van der Waals surface area contributed by atoms with E-state index in [1.54, 1.807) is 11.0 Å². The molecule has 14 heavy (non-hydrogen) atoms. The molecule has 0 saturated heterocycles. The van der Waals surface area contributed by atoms with Gasteiger partial charge in [0.15, 0.2) is 5.82 Å². The Balaban J connectivity index is 2.56. The quantitative estimate of drug-likeness (QED) is 0.771. The zero-order chi connectivity index (χ0) is 10.6. The van der Waals surface area contributed by atoms with Crippen LogP contribution in [0.5, 0.6) is 0 Å². The SMILES string of the molecule is CCN(CC)C(=O)Nc1cc(C)[nH]n1. The van der Waals surface area contributed by atoms with Crippen LogP contribution in [-0.4, -0.2) is 34.2 Å². The van der Waals surface area contributed by atoms with Crippen LogP contribution in [0.3, 0.4) is 0 Å². The summed E-state index contributed by atoms with van der Waals surface area (Å²) >= 11 is 0. The Morgan fingerprint density at radius 1 is 1.57 bits per heavy atom. The van der Waals surface area contributed by atoms with Crippen molar-refractivity contribution in [3.05, 3.63) is 11.8 Å². The number of aromatic nitrogens is 2. The highest BCUT2D eigenvalue weighted by atomic mass is 16.2. The van der Waals surface area contributed by atoms with Crippen molar-refractivity contribution in [2.24, 2.45) is 0 Å². The lowest BCUT2D eigenvalue weighted by atomic mass is 10.4. The molecule has 78 valence electrons. The van der Waals surface area contributed by atoms with E-state index in [4.69, 9.17) is 0 Å². The van der Waals surface area contributed by atoms with Gasteiger partial charge in [0.2, 0.25) is 0 Å². The number of carbonyl (C=O) groups is 1. The first-order valence-electron chi connectivity index (χ1n) is 4.75. The Kier molecular flexibility index (Phi) is 3.50. The lowest BCUT2D eigenvalue weighted by Crippen LogP contribution is -2.34. The maximum atomic E-state index is 11.5. The lowest BCUT2D eigenvalue weighted by Gasteiger charge is -2.17. The zero-order valence-electron chi connectivity index (χ0n) is 8.79. The molecule has 0 radical (unpaired) electrons. The van der Waals surface area contributed by atoms with E-state index in [0.717, 1.165) is 5.69 Å². The van der Waals surface area contributed by atoms with Gasteiger partial charge in [-0.05, 0) is 20.8 Å². The van der Waals surface area contributed by atoms with E-state index in [9.17, 15) is 4.79 Å². The molecule has 2 N–H and O–H groups in total. The van der Waals surface area contributed by atoms with Gasteiger partial charge in [0, 0.05) is 24.8 Å². The maximum absolute atomic E-state index is 11.5. The van der Waals surface area contributed by atoms with Crippen LogP contribution in [0.25, 0.3) is 0 Å². The number of nitrogens with one attached hydrogen (secondary N) is 2. The summed E-state index contributed by atoms with van der Waals surface area (Å²) in [6.45, 7) is 7.18. The van der Waals surface area contributed by atoms with Crippen LogP contribution >= 0.6 is 0 Å². The van der Waals surface area contributed by atoms with Gasteiger partial charge in [-0.15, -0.1) is 0 Å². The van der Waals surface area contributed by atoms with Gasteiger partial charge >= 0.3 is 6.03 Å². The predicted molar refractivity (Wildman–Crippen MR) is 55.3 cm³/mol. The number of H-pyrrole nitrogens is 1. The molecule has 0 fully saturated rings. The van der Waals surface area contributed by atoms with E-state index in [-0.39, 0.29) is 6.03 Å². The lowest BCUT2D eigenvalue weighted by molar-refractivity contribution is 0.217. The minimum Gasteiger partial charge on any atom is -0.325 e. The Hall–Kier alpha value is -1.52. The van der Waals surface area contributed by atoms with Crippen LogP contribution in [-0.2, 0) is 0 Å². The van der Waals surface area contributed by atoms with Crippen molar-refractivity contribution in [2.45, 2.75) is 20.8 Å². The van der Waals surface area contributed by atoms with Crippen LogP contribution in [0.15, 0.2) is 6.07 Å². The summed E-state index contributed by atoms with van der Waals surface area (Å²) in [4.78, 5) is 13.2. The molecule has 0 unspecified atom stereocenters. The molecule has 0 saturated carbocycles. The first kappa shape index (κ1) is 10.6. The molecule has 5 heteroatoms. The van der Waals surface area contributed by atoms with Crippen molar-refractivity contribution in [3.63, 3.8) is 0 Å². The molecule has 1 aromatic heterocycles. The molecule has 0 bridgehead atoms. The highest BCUT2D eigenvalue weighted by Crippen LogP contribution is 2.04. The minimum absolute atomic E-state index is 0.110. The second-order valence-electron chi connectivity index (χ2n) is 3.04. The first-order valence-corrected chi connectivity index (χ1v) is 4.75. The average Bonchev–Trinajstić information content (AvgIpc) is 2.53. The summed E-state index contributed by atoms with van der Waals surface area (Å²) < 4.78 is 0. The fourth-order valence-electron chi connectivity index (χ4n) is 1.18. The molecule has 0 aromatic carbocycles. The Morgan fingerprint density at radius 2 is 2.21 bits per heavy atom. The predicted octanol–water partition coefficient (Wildman–Crippen LogP) is 1.59. The fraction of sp³-hybridized carbons (Fsp3) is 0.556. The average molecular weight is 196 g/mol. The van der Waals surface area contributed by atoms with Crippen LogP contribution in [0.4, 0.5) is 10.6 Å². The van der Waals surface area contributed by atoms with Crippen LogP contribution in [0.1, 0.15) is 19.5 Å². The van der Waals surface area contributed by atoms with Gasteiger partial charge in [0.05, 0.1) is 0 Å². The van der Waals surface area contributed by atoms with Crippen molar-refractivity contribution < 1.29 is 4.79 Å². The molecule has 2 amide bonds. The third-order valence-corrected chi connectivity index (χ3v) is 1.99. The molecular weight excluding hydrogens is 180 g/mol. The summed E-state index contributed by atoms with van der Waals surface area (Å²) in [5.74, 6) is 0.569. The number of hydrogen-bond acceptors (Lipinski definition) is 2. The fourth-order valence-corrected chi connectivity index (χ4v) is 1.18. The molecular formula is C9H16N4O. The van der Waals surface area contributed by atoms with Gasteiger partial charge in [-0.1, -0.05) is 0 Å². The number of aryl methyl sites for hydroxylation is 1. The number of anilines is 1. The molecule has 0 aliphatic heterocycles. The Labute approximate surface area is 83.5 Å². The number of urea groups is 1. The molecule has 0 spiro atoms. The van der Waals surface area contributed by atoms with E-state index >= 15 is 0 Å². The smallest absolute Gasteiger partial charge is 0.323 e. The largest absolute Gasteiger partial charge is 0.325 e. The van der Waals surface area contributed by atoms with Crippen LogP contribution in [0, 0.1) is 6.92 Å². The summed E-state index contributed by atoms with van der Waals surface area (Å²) in [5.41, 5.74) is 0.930. The zero-order valence-corrected chi connectivity index (χ0v) is 8.79. The van der Waals surface area contributed by atoms with E-state index in [0.29, 0.717) is 18.9 Å². The van der Waals surface area contributed by atoms with Gasteiger partial charge in [0.25, 0.3) is 0 Å². The third-order valence-electron chi connectivity index (χ3n) is 1.99. The van der Waals surface area contributed by atoms with Crippen molar-refractivity contribution in [1.29, 1.82) is 0 Å². The van der Waals surface area contributed by atoms with Crippen LogP contribution in [0.2, 0.25) is 0 Å². The molecule has 0 aliphatic rings. The summed E-state index contributed by atoms with van der Waals surface area (Å²) in [7, 11) is 0. The molecule has 5 nitrogen and oxygen atoms in total. The van der Waals surface area contributed by atoms with E-state index in [1.165, 1.54) is 0 Å². The first-order chi connectivity index (χ1) is 6.67. The number of nitrogens with zero attached hydrogens (tertiary/aromatic N) is 2. The van der Waals surface area contributed by atoms with Crippen molar-refractivity contribution >= 4 is 11.8 Å². The van der Waals surface area contributed by atoms with E-state index in [1.807, 2.05) is 20.8 Å². The number of carbonyl (C=O) groups excluding carboxylic acids is 1. The highest BCUT2D eigenvalue weighted by Gasteiger charge is 2.10. The van der Waals surface area contributed by atoms with Crippen LogP contribution < -0.4 is 5.32 Å². The Bertz CT molecular complexity index is 304. The molecule has 1 rings (SSSR count). The second kappa shape index (κ2) is 4.64. The summed E-state index contributed by atoms with van der Waals surface area (Å²) in [5, 5.41) is 9.40. The maximum Gasteiger partial charge on any atom is 0.323 e. The van der Waals surface area contributed by atoms with E-state index in [2.05, 4.69) is 15.5 Å². The number of amides is 2. The van der Waals surface area contributed by atoms with Gasteiger partial charge in [-0.25, -0.2) is 4.79 Å². The molecule has 0 aliphatic carbocycles.